The van der Waals surface area contributed by atoms with Crippen LogP contribution in [-0.4, -0.2) is 22.7 Å². The Kier molecular flexibility index (Phi) is 5.51. The number of hydrogen-bond donors (Lipinski definition) is 3. The second kappa shape index (κ2) is 7.37. The molecule has 2 aromatic heterocycles. The lowest BCUT2D eigenvalue weighted by molar-refractivity contribution is 0.173. The highest BCUT2D eigenvalue weighted by atomic mass is 32.1. The largest absolute Gasteiger partial charge is 0.387 e. The summed E-state index contributed by atoms with van der Waals surface area (Å²) in [6.07, 6.45) is 1.82. The second-order valence-electron chi connectivity index (χ2n) is 4.26. The minimum atomic E-state index is -0.674. The van der Waals surface area contributed by atoms with Gasteiger partial charge in [0.1, 0.15) is 5.01 Å². The summed E-state index contributed by atoms with van der Waals surface area (Å²) < 4.78 is 0. The monoisotopic (exact) mass is 311 g/mol. The zero-order valence-corrected chi connectivity index (χ0v) is 12.7. The van der Waals surface area contributed by atoms with Gasteiger partial charge in [-0.25, -0.2) is 9.78 Å². The molecule has 0 radical (unpaired) electrons. The molecule has 20 heavy (non-hydrogen) atoms. The van der Waals surface area contributed by atoms with Gasteiger partial charge in [0.25, 0.3) is 0 Å². The van der Waals surface area contributed by atoms with E-state index in [1.807, 2.05) is 29.1 Å². The third-order valence-electron chi connectivity index (χ3n) is 2.85. The quantitative estimate of drug-likeness (QED) is 0.768. The number of thiazole rings is 1. The number of carbonyl (C=O) groups is 1. The Morgan fingerprint density at radius 2 is 2.35 bits per heavy atom. The normalized spacial score (nSPS) is 13.7. The number of amides is 2. The maximum Gasteiger partial charge on any atom is 0.315 e. The molecule has 2 heterocycles. The molecule has 3 N–H and O–H groups in total. The zero-order chi connectivity index (χ0) is 14.4. The molecule has 0 aromatic carbocycles. The molecule has 0 aliphatic carbocycles. The van der Waals surface area contributed by atoms with Crippen LogP contribution in [0.4, 0.5) is 4.79 Å². The Morgan fingerprint density at radius 1 is 1.50 bits per heavy atom. The van der Waals surface area contributed by atoms with E-state index in [-0.39, 0.29) is 18.6 Å². The Morgan fingerprint density at radius 3 is 2.95 bits per heavy atom. The van der Waals surface area contributed by atoms with Gasteiger partial charge >= 0.3 is 6.03 Å². The van der Waals surface area contributed by atoms with Crippen LogP contribution in [0.3, 0.4) is 0 Å². The average Bonchev–Trinajstić information content (AvgIpc) is 3.14. The van der Waals surface area contributed by atoms with E-state index in [0.29, 0.717) is 0 Å². The minimum Gasteiger partial charge on any atom is -0.387 e. The van der Waals surface area contributed by atoms with Gasteiger partial charge in [-0.1, -0.05) is 6.92 Å². The maximum absolute atomic E-state index is 11.8. The van der Waals surface area contributed by atoms with Crippen molar-refractivity contribution in [1.82, 2.24) is 15.6 Å². The van der Waals surface area contributed by atoms with Crippen molar-refractivity contribution in [3.8, 4) is 0 Å². The number of nitrogens with one attached hydrogen (secondary N) is 2. The zero-order valence-electron chi connectivity index (χ0n) is 11.1. The Bertz CT molecular complexity index is 514. The Labute approximate surface area is 125 Å². The van der Waals surface area contributed by atoms with Crippen LogP contribution in [-0.2, 0) is 0 Å². The first-order chi connectivity index (χ1) is 9.70. The Balaban J connectivity index is 1.80. The third-order valence-corrected chi connectivity index (χ3v) is 4.44. The van der Waals surface area contributed by atoms with Gasteiger partial charge in [0.2, 0.25) is 0 Å². The second-order valence-corrected chi connectivity index (χ2v) is 5.96. The molecular formula is C13H17N3O2S2. The summed E-state index contributed by atoms with van der Waals surface area (Å²) in [6.45, 7) is 2.18. The molecule has 2 amide bonds. The van der Waals surface area contributed by atoms with Crippen LogP contribution in [0.1, 0.15) is 36.1 Å². The highest BCUT2D eigenvalue weighted by Gasteiger charge is 2.16. The summed E-state index contributed by atoms with van der Waals surface area (Å²) in [5, 5.41) is 22.0. The van der Waals surface area contributed by atoms with E-state index in [4.69, 9.17) is 0 Å². The fraction of sp³-hybridized carbons (Fsp3) is 0.385. The molecule has 0 saturated heterocycles. The number of rotatable bonds is 6. The van der Waals surface area contributed by atoms with E-state index in [0.717, 1.165) is 17.0 Å². The van der Waals surface area contributed by atoms with Gasteiger partial charge in [0.05, 0.1) is 12.1 Å². The number of aliphatic hydroxyl groups is 1. The topological polar surface area (TPSA) is 74.2 Å². The van der Waals surface area contributed by atoms with Gasteiger partial charge < -0.3 is 15.7 Å². The first-order valence-corrected chi connectivity index (χ1v) is 8.17. The molecule has 0 bridgehead atoms. The summed E-state index contributed by atoms with van der Waals surface area (Å²) in [5.41, 5.74) is 0.822. The lowest BCUT2D eigenvalue weighted by atomic mass is 10.2. The summed E-state index contributed by atoms with van der Waals surface area (Å²) in [6, 6.07) is 1.47. The summed E-state index contributed by atoms with van der Waals surface area (Å²) in [7, 11) is 0. The van der Waals surface area contributed by atoms with Crippen LogP contribution in [0.5, 0.6) is 0 Å². The predicted octanol–water partition coefficient (Wildman–Crippen LogP) is 2.69. The van der Waals surface area contributed by atoms with Crippen molar-refractivity contribution in [2.45, 2.75) is 25.5 Å². The van der Waals surface area contributed by atoms with Crippen LogP contribution < -0.4 is 10.6 Å². The first-order valence-electron chi connectivity index (χ1n) is 6.34. The molecule has 0 aliphatic rings. The van der Waals surface area contributed by atoms with Gasteiger partial charge in [-0.05, 0) is 28.8 Å². The van der Waals surface area contributed by atoms with Crippen molar-refractivity contribution in [3.63, 3.8) is 0 Å². The highest BCUT2D eigenvalue weighted by Crippen LogP contribution is 2.18. The molecule has 0 spiro atoms. The standard InChI is InChI=1S/C13H17N3O2S2/c1-2-10(12-14-4-6-20-12)16-13(18)15-7-11(17)9-3-5-19-8-9/h3-6,8,10-11,17H,2,7H2,1H3,(H2,15,16,18). The Hall–Kier alpha value is -1.44. The number of aromatic nitrogens is 1. The molecule has 0 aliphatic heterocycles. The number of carbonyl (C=O) groups excluding carboxylic acids is 1. The number of urea groups is 1. The van der Waals surface area contributed by atoms with E-state index in [2.05, 4.69) is 15.6 Å². The van der Waals surface area contributed by atoms with Gasteiger partial charge in [-0.3, -0.25) is 0 Å². The SMILES string of the molecule is CCC(NC(=O)NCC(O)c1ccsc1)c1nccs1. The summed E-state index contributed by atoms with van der Waals surface area (Å²) in [5.74, 6) is 0. The lowest BCUT2D eigenvalue weighted by Gasteiger charge is -2.16. The van der Waals surface area contributed by atoms with Crippen molar-refractivity contribution in [2.75, 3.05) is 6.54 Å². The van der Waals surface area contributed by atoms with Gasteiger partial charge in [-0.15, -0.1) is 11.3 Å². The fourth-order valence-electron chi connectivity index (χ4n) is 1.73. The third kappa shape index (κ3) is 4.03. The number of hydrogen-bond acceptors (Lipinski definition) is 5. The molecule has 0 fully saturated rings. The lowest BCUT2D eigenvalue weighted by Crippen LogP contribution is -2.39. The fourth-order valence-corrected chi connectivity index (χ4v) is 3.21. The van der Waals surface area contributed by atoms with E-state index in [1.54, 1.807) is 6.20 Å². The van der Waals surface area contributed by atoms with Crippen LogP contribution in [0.25, 0.3) is 0 Å². The molecule has 2 atom stereocenters. The molecule has 2 aromatic rings. The van der Waals surface area contributed by atoms with Crippen LogP contribution in [0.2, 0.25) is 0 Å². The van der Waals surface area contributed by atoms with E-state index >= 15 is 0 Å². The first kappa shape index (κ1) is 15.0. The van der Waals surface area contributed by atoms with Gasteiger partial charge in [0, 0.05) is 18.1 Å². The van der Waals surface area contributed by atoms with E-state index in [9.17, 15) is 9.90 Å². The molecule has 5 nitrogen and oxygen atoms in total. The average molecular weight is 311 g/mol. The van der Waals surface area contributed by atoms with Crippen LogP contribution in [0, 0.1) is 0 Å². The van der Waals surface area contributed by atoms with Crippen molar-refractivity contribution in [3.05, 3.63) is 39.0 Å². The number of nitrogens with zero attached hydrogens (tertiary/aromatic N) is 1. The smallest absolute Gasteiger partial charge is 0.315 e. The minimum absolute atomic E-state index is 0.0895. The van der Waals surface area contributed by atoms with Gasteiger partial charge in [-0.2, -0.15) is 11.3 Å². The number of thiophene rings is 1. The van der Waals surface area contributed by atoms with E-state index in [1.165, 1.54) is 22.7 Å². The van der Waals surface area contributed by atoms with Crippen molar-refractivity contribution in [2.24, 2.45) is 0 Å². The van der Waals surface area contributed by atoms with Crippen LogP contribution >= 0.6 is 22.7 Å². The molecule has 2 unspecified atom stereocenters. The molecule has 2 rings (SSSR count). The molecule has 7 heteroatoms. The van der Waals surface area contributed by atoms with Gasteiger partial charge in [0.15, 0.2) is 0 Å². The van der Waals surface area contributed by atoms with Crippen molar-refractivity contribution in [1.29, 1.82) is 0 Å². The van der Waals surface area contributed by atoms with Crippen molar-refractivity contribution >= 4 is 28.7 Å². The van der Waals surface area contributed by atoms with E-state index < -0.39 is 6.10 Å². The highest BCUT2D eigenvalue weighted by molar-refractivity contribution is 7.09. The van der Waals surface area contributed by atoms with Crippen LogP contribution in [0.15, 0.2) is 28.4 Å². The molecular weight excluding hydrogens is 294 g/mol. The summed E-state index contributed by atoms with van der Waals surface area (Å²) in [4.78, 5) is 16.0. The predicted molar refractivity (Wildman–Crippen MR) is 81.0 cm³/mol. The number of aliphatic hydroxyl groups excluding tert-OH is 1. The maximum atomic E-state index is 11.8. The molecule has 0 saturated carbocycles. The summed E-state index contributed by atoms with van der Waals surface area (Å²) >= 11 is 3.04. The van der Waals surface area contributed by atoms with Crippen molar-refractivity contribution < 1.29 is 9.90 Å². The molecule has 108 valence electrons.